The Balaban J connectivity index is 2.83. The molecule has 0 fully saturated rings. The molecule has 2 N–H and O–H groups in total. The Hall–Kier alpha value is -1.04. The molecule has 0 bridgehead atoms. The molecule has 0 spiro atoms. The molecule has 1 aromatic carbocycles. The Morgan fingerprint density at radius 2 is 1.85 bits per heavy atom. The number of fused-ring (bicyclic) bond motifs is 1. The number of aromatic hydroxyl groups is 2. The van der Waals surface area contributed by atoms with Crippen LogP contribution in [0, 0.1) is 0 Å². The summed E-state index contributed by atoms with van der Waals surface area (Å²) in [4.78, 5) is 0. The summed E-state index contributed by atoms with van der Waals surface area (Å²) in [6.45, 7) is 0. The van der Waals surface area contributed by atoms with E-state index in [1.807, 2.05) is 6.07 Å². The number of hydrogen-bond acceptors (Lipinski definition) is 3. The molecule has 66 valence electrons. The number of rotatable bonds is 1. The predicted molar refractivity (Wildman–Crippen MR) is 54.4 cm³/mol. The molecule has 1 aromatic heterocycles. The van der Waals surface area contributed by atoms with Crippen LogP contribution in [0.5, 0.6) is 11.9 Å². The van der Waals surface area contributed by atoms with Gasteiger partial charge in [-0.25, -0.2) is 0 Å². The van der Waals surface area contributed by atoms with Gasteiger partial charge in [-0.05, 0) is 26.1 Å². The summed E-state index contributed by atoms with van der Waals surface area (Å²) in [5.74, 6) is -0.491. The minimum absolute atomic E-state index is 0.246. The van der Waals surface area contributed by atoms with Crippen molar-refractivity contribution >= 4 is 32.5 Å². The first-order valence-electron chi connectivity index (χ1n) is 3.54. The topological polar surface area (TPSA) is 53.6 Å². The van der Waals surface area contributed by atoms with E-state index in [0.29, 0.717) is 10.8 Å². The number of hydrogen-bond donors (Lipinski definition) is 2. The van der Waals surface area contributed by atoms with Crippen molar-refractivity contribution in [3.05, 3.63) is 18.2 Å². The van der Waals surface area contributed by atoms with Crippen molar-refractivity contribution in [1.29, 1.82) is 0 Å². The Morgan fingerprint density at radius 3 is 2.54 bits per heavy atom. The zero-order valence-electron chi connectivity index (χ0n) is 6.48. The van der Waals surface area contributed by atoms with Gasteiger partial charge >= 0.3 is 0 Å². The van der Waals surface area contributed by atoms with Gasteiger partial charge < -0.3 is 14.6 Å². The summed E-state index contributed by atoms with van der Waals surface area (Å²) < 4.78 is 4.66. The van der Waals surface area contributed by atoms with Crippen LogP contribution in [0.2, 0.25) is 0 Å². The number of benzene rings is 1. The fourth-order valence-electron chi connectivity index (χ4n) is 1.17. The Morgan fingerprint density at radius 1 is 1.15 bits per heavy atom. The first kappa shape index (κ1) is 8.55. The molecule has 0 aliphatic carbocycles. The van der Waals surface area contributed by atoms with Gasteiger partial charge in [0.1, 0.15) is 0 Å². The summed E-state index contributed by atoms with van der Waals surface area (Å²) in [5, 5.41) is 20.5. The van der Waals surface area contributed by atoms with Gasteiger partial charge in [0.15, 0.2) is 0 Å². The van der Waals surface area contributed by atoms with Gasteiger partial charge in [-0.3, -0.25) is 0 Å². The molecule has 1 heterocycles. The van der Waals surface area contributed by atoms with Crippen molar-refractivity contribution in [2.24, 2.45) is 0 Å². The summed E-state index contributed by atoms with van der Waals surface area (Å²) in [7, 11) is 4.24. The van der Waals surface area contributed by atoms with E-state index >= 15 is 0 Å². The highest BCUT2D eigenvalue weighted by Gasteiger charge is 2.10. The third-order valence-electron chi connectivity index (χ3n) is 1.79. The maximum absolute atomic E-state index is 9.27. The lowest BCUT2D eigenvalue weighted by molar-refractivity contribution is 0.270. The molecule has 5 heteroatoms. The molecule has 2 rings (SSSR count). The first-order chi connectivity index (χ1) is 6.22. The predicted octanol–water partition coefficient (Wildman–Crippen LogP) is 2.47. The van der Waals surface area contributed by atoms with Crippen molar-refractivity contribution in [1.82, 2.24) is 0 Å². The third kappa shape index (κ3) is 1.31. The summed E-state index contributed by atoms with van der Waals surface area (Å²) in [5.41, 5.74) is 0. The van der Waals surface area contributed by atoms with Crippen molar-refractivity contribution in [3.63, 3.8) is 0 Å². The molecule has 0 saturated heterocycles. The molecular weight excluding hydrogens is 206 g/mol. The largest absolute Gasteiger partial charge is 0.480 e. The van der Waals surface area contributed by atoms with E-state index in [1.165, 1.54) is 0 Å². The van der Waals surface area contributed by atoms with Crippen LogP contribution in [0.1, 0.15) is 0 Å². The molecule has 0 radical (unpaired) electrons. The lowest BCUT2D eigenvalue weighted by Crippen LogP contribution is -1.86. The molecule has 0 amide bonds. The van der Waals surface area contributed by atoms with Crippen LogP contribution in [0.15, 0.2) is 22.6 Å². The Labute approximate surface area is 77.8 Å². The molecule has 2 aromatic rings. The van der Waals surface area contributed by atoms with Crippen LogP contribution >= 0.6 is 16.4 Å². The van der Waals surface area contributed by atoms with Crippen molar-refractivity contribution in [3.8, 4) is 11.9 Å². The molecule has 0 atom stereocenters. The summed E-state index contributed by atoms with van der Waals surface area (Å²) >= 11 is 0. The molecule has 0 saturated carbocycles. The Kier molecular flexibility index (Phi) is 1.99. The monoisotopic (exact) mass is 212 g/mol. The van der Waals surface area contributed by atoms with Gasteiger partial charge in [0.05, 0.1) is 10.8 Å². The minimum atomic E-state index is -0.246. The standard InChI is InChI=1S/C8H6O3P2/c9-7-5-2-1-4(13-12)3-6(5)8(10)11-7/h1-3,9-10,12H. The molecule has 13 heavy (non-hydrogen) atoms. The fraction of sp³-hybridized carbons (Fsp3) is 0. The van der Waals surface area contributed by atoms with Gasteiger partial charge in [0.2, 0.25) is 0 Å². The van der Waals surface area contributed by atoms with Gasteiger partial charge in [0.25, 0.3) is 11.9 Å². The van der Waals surface area contributed by atoms with Gasteiger partial charge in [-0.15, -0.1) is 0 Å². The fourth-order valence-corrected chi connectivity index (χ4v) is 1.93. The lowest BCUT2D eigenvalue weighted by atomic mass is 10.2. The van der Waals surface area contributed by atoms with E-state index in [9.17, 15) is 10.2 Å². The smallest absolute Gasteiger partial charge is 0.293 e. The van der Waals surface area contributed by atoms with Crippen molar-refractivity contribution < 1.29 is 14.6 Å². The van der Waals surface area contributed by atoms with Crippen LogP contribution < -0.4 is 5.30 Å². The van der Waals surface area contributed by atoms with E-state index in [0.717, 1.165) is 13.2 Å². The maximum atomic E-state index is 9.27. The SMILES string of the molecule is Oc1oc(O)c2cc(P=P)ccc12. The highest BCUT2D eigenvalue weighted by atomic mass is 31.7. The van der Waals surface area contributed by atoms with Gasteiger partial charge in [0, 0.05) is 5.30 Å². The zero-order valence-corrected chi connectivity index (χ0v) is 8.38. The minimum Gasteiger partial charge on any atom is -0.480 e. The number of furan rings is 1. The lowest BCUT2D eigenvalue weighted by Gasteiger charge is -1.91. The second-order valence-electron chi connectivity index (χ2n) is 2.55. The second-order valence-corrected chi connectivity index (χ2v) is 3.96. The van der Waals surface area contributed by atoms with Crippen LogP contribution in [-0.4, -0.2) is 10.2 Å². The quantitative estimate of drug-likeness (QED) is 0.714. The molecule has 0 unspecified atom stereocenters. The average Bonchev–Trinajstić information content (AvgIpc) is 2.42. The van der Waals surface area contributed by atoms with E-state index in [1.54, 1.807) is 12.1 Å². The summed E-state index contributed by atoms with van der Waals surface area (Å²) in [6.07, 6.45) is 0. The van der Waals surface area contributed by atoms with Gasteiger partial charge in [-0.1, -0.05) is 8.53 Å². The summed E-state index contributed by atoms with van der Waals surface area (Å²) in [6, 6.07) is 5.30. The molecular formula is C8H6O3P2. The molecule has 3 nitrogen and oxygen atoms in total. The Bertz CT molecular complexity index is 475. The highest BCUT2D eigenvalue weighted by Crippen LogP contribution is 2.35. The van der Waals surface area contributed by atoms with Gasteiger partial charge in [-0.2, -0.15) is 0 Å². The maximum Gasteiger partial charge on any atom is 0.293 e. The van der Waals surface area contributed by atoms with Crippen LogP contribution in [0.3, 0.4) is 0 Å². The second kappa shape index (κ2) is 3.02. The van der Waals surface area contributed by atoms with Crippen molar-refractivity contribution in [2.45, 2.75) is 0 Å². The highest BCUT2D eigenvalue weighted by molar-refractivity contribution is 7.79. The van der Waals surface area contributed by atoms with E-state index < -0.39 is 0 Å². The average molecular weight is 212 g/mol. The van der Waals surface area contributed by atoms with E-state index in [4.69, 9.17) is 0 Å². The molecule has 0 aliphatic rings. The van der Waals surface area contributed by atoms with E-state index in [2.05, 4.69) is 12.9 Å². The third-order valence-corrected chi connectivity index (χ3v) is 3.10. The molecule has 0 aliphatic heterocycles. The normalized spacial score (nSPS) is 11.1. The first-order valence-corrected chi connectivity index (χ1v) is 5.78. The van der Waals surface area contributed by atoms with Crippen LogP contribution in [-0.2, 0) is 0 Å². The van der Waals surface area contributed by atoms with Crippen LogP contribution in [0.4, 0.5) is 0 Å². The van der Waals surface area contributed by atoms with E-state index in [-0.39, 0.29) is 11.9 Å². The zero-order chi connectivity index (χ0) is 9.42. The van der Waals surface area contributed by atoms with Crippen molar-refractivity contribution in [2.75, 3.05) is 0 Å². The van der Waals surface area contributed by atoms with Crippen LogP contribution in [0.25, 0.3) is 10.8 Å².